The van der Waals surface area contributed by atoms with Crippen LogP contribution in [-0.4, -0.2) is 57.7 Å². The van der Waals surface area contributed by atoms with Crippen molar-refractivity contribution in [3.8, 4) is 0 Å². The van der Waals surface area contributed by atoms with Crippen LogP contribution in [0.15, 0.2) is 0 Å². The smallest absolute Gasteiger partial charge is 0.772 e. The van der Waals surface area contributed by atoms with Crippen LogP contribution in [0.5, 0.6) is 0 Å². The van der Waals surface area contributed by atoms with Crippen LogP contribution in [0.4, 0.5) is 0 Å². The molecule has 0 amide bonds. The Morgan fingerprint density at radius 3 is 1.38 bits per heavy atom. The number of aliphatic carboxylic acids is 1. The summed E-state index contributed by atoms with van der Waals surface area (Å²) < 4.78 is 19.4. The number of hydrogen-bond donors (Lipinski definition) is 0. The van der Waals surface area contributed by atoms with Crippen LogP contribution in [0.3, 0.4) is 0 Å². The zero-order valence-corrected chi connectivity index (χ0v) is 11.4. The molecule has 0 radical (unpaired) electrons. The van der Waals surface area contributed by atoms with E-state index in [1.54, 1.807) is 27.7 Å². The average Bonchev–Trinajstić information content (AvgIpc) is 1.88. The van der Waals surface area contributed by atoms with Crippen LogP contribution in [0.2, 0.25) is 0 Å². The molecule has 0 saturated heterocycles. The van der Waals surface area contributed by atoms with Gasteiger partial charge >= 0.3 is 37.7 Å². The maximum atomic E-state index is 9.70. The summed E-state index contributed by atoms with van der Waals surface area (Å²) in [6.45, 7) is 6.41. The molecule has 0 heterocycles. The standard InChI is InChI=1S/C4H8O2.C3H8O2S.Ca/c1-3(2)4(5)6;1-3(2)6(4)5;/h3H,1-2H3,(H,5,6);3H,1-2H3,(H,4,5);/q;;+2/p-2. The topological polar surface area (TPSA) is 80.3 Å². The summed E-state index contributed by atoms with van der Waals surface area (Å²) in [5.74, 6) is -1.33. The van der Waals surface area contributed by atoms with E-state index < -0.39 is 17.0 Å². The minimum Gasteiger partial charge on any atom is -0.772 e. The second kappa shape index (κ2) is 10.9. The minimum atomic E-state index is -1.87. The molecule has 0 aromatic heterocycles. The Balaban J connectivity index is -0.000000143. The van der Waals surface area contributed by atoms with Gasteiger partial charge in [0, 0.05) is 11.2 Å². The fourth-order valence-electron chi connectivity index (χ4n) is 0. The monoisotopic (exact) mass is 234 g/mol. The van der Waals surface area contributed by atoms with E-state index in [4.69, 9.17) is 0 Å². The minimum absolute atomic E-state index is 0. The van der Waals surface area contributed by atoms with Gasteiger partial charge in [0.2, 0.25) is 0 Å². The maximum Gasteiger partial charge on any atom is 2.00 e. The molecular weight excluding hydrogens is 220 g/mol. The van der Waals surface area contributed by atoms with Crippen molar-refractivity contribution in [2.75, 3.05) is 0 Å². The van der Waals surface area contributed by atoms with Crippen molar-refractivity contribution in [2.24, 2.45) is 5.92 Å². The molecule has 1 atom stereocenters. The Bertz CT molecular complexity index is 141. The van der Waals surface area contributed by atoms with Gasteiger partial charge in [-0.25, -0.2) is 0 Å². The van der Waals surface area contributed by atoms with E-state index in [-0.39, 0.29) is 48.9 Å². The van der Waals surface area contributed by atoms with Gasteiger partial charge in [-0.1, -0.05) is 38.8 Å². The van der Waals surface area contributed by atoms with Crippen molar-refractivity contribution < 1.29 is 18.7 Å². The second-order valence-electron chi connectivity index (χ2n) is 2.78. The SMILES string of the molecule is CC(C)C(=O)[O-].CC(C)S(=O)[O-].[Ca+2]. The van der Waals surface area contributed by atoms with Gasteiger partial charge < -0.3 is 14.5 Å². The summed E-state index contributed by atoms with van der Waals surface area (Å²) in [4.78, 5) is 9.59. The molecule has 0 aliphatic carbocycles. The van der Waals surface area contributed by atoms with Gasteiger partial charge in [-0.15, -0.1) is 0 Å². The van der Waals surface area contributed by atoms with Gasteiger partial charge in [-0.2, -0.15) is 0 Å². The van der Waals surface area contributed by atoms with E-state index in [0.717, 1.165) is 0 Å². The first-order valence-corrected chi connectivity index (χ1v) is 4.71. The number of hydrogen-bond acceptors (Lipinski definition) is 4. The number of carboxylic acids is 1. The van der Waals surface area contributed by atoms with Crippen LogP contribution < -0.4 is 5.11 Å². The first-order valence-electron chi connectivity index (χ1n) is 3.58. The zero-order valence-electron chi connectivity index (χ0n) is 8.40. The molecule has 4 nitrogen and oxygen atoms in total. The molecule has 0 fully saturated rings. The van der Waals surface area contributed by atoms with Crippen molar-refractivity contribution in [1.29, 1.82) is 0 Å². The molecule has 0 spiro atoms. The van der Waals surface area contributed by atoms with Crippen LogP contribution >= 0.6 is 0 Å². The molecule has 0 rings (SSSR count). The van der Waals surface area contributed by atoms with Crippen molar-refractivity contribution in [2.45, 2.75) is 32.9 Å². The molecule has 0 N–H and O–H groups in total. The summed E-state index contributed by atoms with van der Waals surface area (Å²) in [6.07, 6.45) is 0. The second-order valence-corrected chi connectivity index (χ2v) is 4.25. The van der Waals surface area contributed by atoms with Crippen molar-refractivity contribution in [1.82, 2.24) is 0 Å². The average molecular weight is 234 g/mol. The van der Waals surface area contributed by atoms with E-state index in [9.17, 15) is 18.7 Å². The van der Waals surface area contributed by atoms with Gasteiger partial charge in [-0.3, -0.25) is 4.21 Å². The molecule has 0 aromatic carbocycles. The summed E-state index contributed by atoms with van der Waals surface area (Å²) in [5.41, 5.74) is 0. The van der Waals surface area contributed by atoms with E-state index in [2.05, 4.69) is 0 Å². The Kier molecular flexibility index (Phi) is 16.3. The molecule has 6 heteroatoms. The van der Waals surface area contributed by atoms with E-state index in [1.807, 2.05) is 0 Å². The molecule has 0 aromatic rings. The Labute approximate surface area is 111 Å². The predicted octanol–water partition coefficient (Wildman–Crippen LogP) is -0.715. The first kappa shape index (κ1) is 19.4. The van der Waals surface area contributed by atoms with E-state index >= 15 is 0 Å². The fourth-order valence-corrected chi connectivity index (χ4v) is 0. The largest absolute Gasteiger partial charge is 2.00 e. The summed E-state index contributed by atoms with van der Waals surface area (Å²) in [7, 11) is 0. The molecule has 0 saturated carbocycles. The van der Waals surface area contributed by atoms with Gasteiger partial charge in [0.25, 0.3) is 0 Å². The molecule has 13 heavy (non-hydrogen) atoms. The Morgan fingerprint density at radius 1 is 1.23 bits per heavy atom. The van der Waals surface area contributed by atoms with E-state index in [1.165, 1.54) is 0 Å². The number of rotatable bonds is 2. The Hall–Kier alpha value is 0.840. The van der Waals surface area contributed by atoms with Crippen molar-refractivity contribution >= 4 is 54.8 Å². The molecule has 1 unspecified atom stereocenters. The normalized spacial score (nSPS) is 11.3. The number of carboxylic acid groups (broad SMARTS) is 1. The van der Waals surface area contributed by atoms with Crippen LogP contribution in [0, 0.1) is 5.92 Å². The Morgan fingerprint density at radius 2 is 1.38 bits per heavy atom. The van der Waals surface area contributed by atoms with Gasteiger partial charge in [0.1, 0.15) is 0 Å². The van der Waals surface area contributed by atoms with Crippen molar-refractivity contribution in [3.63, 3.8) is 0 Å². The van der Waals surface area contributed by atoms with Crippen LogP contribution in [0.1, 0.15) is 27.7 Å². The number of carbonyl (C=O) groups is 1. The molecule has 0 bridgehead atoms. The maximum absolute atomic E-state index is 9.70. The van der Waals surface area contributed by atoms with Crippen molar-refractivity contribution in [3.05, 3.63) is 0 Å². The third-order valence-corrected chi connectivity index (χ3v) is 1.63. The van der Waals surface area contributed by atoms with Gasteiger partial charge in [0.05, 0.1) is 0 Å². The molecular formula is C7H14CaO4S. The quantitative estimate of drug-likeness (QED) is 0.467. The van der Waals surface area contributed by atoms with Gasteiger partial charge in [0.15, 0.2) is 0 Å². The fraction of sp³-hybridized carbons (Fsp3) is 0.857. The summed E-state index contributed by atoms with van der Waals surface area (Å²) in [6, 6.07) is 0. The first-order chi connectivity index (χ1) is 5.29. The summed E-state index contributed by atoms with van der Waals surface area (Å²) in [5, 5.41) is 9.36. The molecule has 0 aliphatic rings. The summed E-state index contributed by atoms with van der Waals surface area (Å²) >= 11 is -1.87. The van der Waals surface area contributed by atoms with E-state index in [0.29, 0.717) is 0 Å². The third-order valence-electron chi connectivity index (χ3n) is 0.856. The van der Waals surface area contributed by atoms with Crippen LogP contribution in [0.25, 0.3) is 0 Å². The molecule has 0 aliphatic heterocycles. The predicted molar refractivity (Wildman–Crippen MR) is 49.7 cm³/mol. The molecule has 74 valence electrons. The van der Waals surface area contributed by atoms with Gasteiger partial charge in [-0.05, 0) is 5.92 Å². The zero-order chi connectivity index (χ0) is 10.3. The third kappa shape index (κ3) is 19.3. The van der Waals surface area contributed by atoms with Crippen LogP contribution in [-0.2, 0) is 15.9 Å². The number of carbonyl (C=O) groups excluding carboxylic acids is 1.